The molecule has 1 aliphatic heterocycles. The van der Waals surface area contributed by atoms with Gasteiger partial charge in [-0.25, -0.2) is 9.69 Å². The topological polar surface area (TPSA) is 91.4 Å². The number of urea groups is 1. The molecule has 1 atom stereocenters. The van der Waals surface area contributed by atoms with Crippen molar-refractivity contribution < 1.29 is 14.4 Å². The van der Waals surface area contributed by atoms with Gasteiger partial charge >= 0.3 is 6.03 Å². The van der Waals surface area contributed by atoms with Crippen LogP contribution in [0.1, 0.15) is 37.3 Å². The third kappa shape index (κ3) is 4.31. The quantitative estimate of drug-likeness (QED) is 0.768. The van der Waals surface area contributed by atoms with Gasteiger partial charge in [0.1, 0.15) is 6.04 Å². The van der Waals surface area contributed by atoms with Crippen LogP contribution in [0, 0.1) is 0 Å². The van der Waals surface area contributed by atoms with Crippen LogP contribution in [0.4, 0.5) is 10.5 Å². The summed E-state index contributed by atoms with van der Waals surface area (Å²) < 4.78 is 0. The largest absolute Gasteiger partial charge is 0.352 e. The number of hydrogen-bond acceptors (Lipinski definition) is 4. The van der Waals surface area contributed by atoms with Gasteiger partial charge < -0.3 is 10.6 Å². The first-order valence-corrected chi connectivity index (χ1v) is 8.85. The van der Waals surface area contributed by atoms with Crippen LogP contribution < -0.4 is 15.5 Å². The SMILES string of the molecule is CC(C)c1ccc(N2C(=O)N[C@@H](CC(=O)NCc3cccnc3)C2=O)cc1. The van der Waals surface area contributed by atoms with E-state index >= 15 is 0 Å². The maximum atomic E-state index is 12.6. The minimum absolute atomic E-state index is 0.106. The van der Waals surface area contributed by atoms with E-state index in [0.29, 0.717) is 18.2 Å². The van der Waals surface area contributed by atoms with E-state index in [2.05, 4.69) is 29.5 Å². The third-order valence-electron chi connectivity index (χ3n) is 4.44. The van der Waals surface area contributed by atoms with Crippen LogP contribution in [0.25, 0.3) is 0 Å². The van der Waals surface area contributed by atoms with Gasteiger partial charge in [0, 0.05) is 18.9 Å². The van der Waals surface area contributed by atoms with Crippen molar-refractivity contribution in [1.29, 1.82) is 0 Å². The Labute approximate surface area is 157 Å². The Balaban J connectivity index is 1.61. The highest BCUT2D eigenvalue weighted by Crippen LogP contribution is 2.23. The molecule has 7 heteroatoms. The Hall–Kier alpha value is -3.22. The van der Waals surface area contributed by atoms with Gasteiger partial charge in [-0.2, -0.15) is 0 Å². The highest BCUT2D eigenvalue weighted by molar-refractivity contribution is 6.22. The van der Waals surface area contributed by atoms with Crippen molar-refractivity contribution in [1.82, 2.24) is 15.6 Å². The molecule has 1 fully saturated rings. The number of aromatic nitrogens is 1. The molecular weight excluding hydrogens is 344 g/mol. The van der Waals surface area contributed by atoms with Gasteiger partial charge in [0.2, 0.25) is 5.91 Å². The number of carbonyl (C=O) groups is 3. The van der Waals surface area contributed by atoms with Crippen LogP contribution in [0.3, 0.4) is 0 Å². The number of nitrogens with zero attached hydrogens (tertiary/aromatic N) is 2. The number of hydrogen-bond donors (Lipinski definition) is 2. The molecule has 1 saturated heterocycles. The summed E-state index contributed by atoms with van der Waals surface area (Å²) in [4.78, 5) is 42.0. The van der Waals surface area contributed by atoms with Gasteiger partial charge in [0.15, 0.2) is 0 Å². The average molecular weight is 366 g/mol. The smallest absolute Gasteiger partial charge is 0.329 e. The van der Waals surface area contributed by atoms with E-state index in [-0.39, 0.29) is 12.3 Å². The molecule has 2 aromatic rings. The van der Waals surface area contributed by atoms with Crippen molar-refractivity contribution in [3.8, 4) is 0 Å². The first kappa shape index (κ1) is 18.6. The van der Waals surface area contributed by atoms with E-state index in [1.54, 1.807) is 30.6 Å². The molecule has 3 rings (SSSR count). The van der Waals surface area contributed by atoms with Gasteiger partial charge in [-0.1, -0.05) is 32.0 Å². The van der Waals surface area contributed by atoms with Gasteiger partial charge in [0.25, 0.3) is 5.91 Å². The first-order chi connectivity index (χ1) is 13.0. The number of amides is 4. The van der Waals surface area contributed by atoms with Crippen LogP contribution in [0.15, 0.2) is 48.8 Å². The Morgan fingerprint density at radius 1 is 1.22 bits per heavy atom. The van der Waals surface area contributed by atoms with Gasteiger partial charge in [-0.3, -0.25) is 14.6 Å². The summed E-state index contributed by atoms with van der Waals surface area (Å²) in [7, 11) is 0. The van der Waals surface area contributed by atoms with Crippen molar-refractivity contribution >= 4 is 23.5 Å². The van der Waals surface area contributed by atoms with Gasteiger partial charge in [0.05, 0.1) is 12.1 Å². The monoisotopic (exact) mass is 366 g/mol. The number of imide groups is 1. The van der Waals surface area contributed by atoms with Crippen LogP contribution in [0.5, 0.6) is 0 Å². The number of anilines is 1. The lowest BCUT2D eigenvalue weighted by molar-refractivity contribution is -0.125. The predicted octanol–water partition coefficient (Wildman–Crippen LogP) is 2.34. The Morgan fingerprint density at radius 3 is 2.59 bits per heavy atom. The molecule has 0 spiro atoms. The number of benzene rings is 1. The van der Waals surface area contributed by atoms with Crippen molar-refractivity contribution in [3.05, 3.63) is 59.9 Å². The summed E-state index contributed by atoms with van der Waals surface area (Å²) in [6.07, 6.45) is 3.21. The summed E-state index contributed by atoms with van der Waals surface area (Å²) >= 11 is 0. The lowest BCUT2D eigenvalue weighted by atomic mass is 10.0. The Bertz CT molecular complexity index is 834. The van der Waals surface area contributed by atoms with Crippen molar-refractivity contribution in [3.63, 3.8) is 0 Å². The summed E-state index contributed by atoms with van der Waals surface area (Å²) in [6.45, 7) is 4.47. The van der Waals surface area contributed by atoms with E-state index < -0.39 is 18.0 Å². The zero-order chi connectivity index (χ0) is 19.4. The van der Waals surface area contributed by atoms with Crippen LogP contribution in [-0.4, -0.2) is 28.9 Å². The van der Waals surface area contributed by atoms with Crippen LogP contribution in [-0.2, 0) is 16.1 Å². The van der Waals surface area contributed by atoms with E-state index in [1.807, 2.05) is 18.2 Å². The summed E-state index contributed by atoms with van der Waals surface area (Å²) in [5, 5.41) is 5.32. The minimum Gasteiger partial charge on any atom is -0.352 e. The van der Waals surface area contributed by atoms with E-state index in [4.69, 9.17) is 0 Å². The zero-order valence-electron chi connectivity index (χ0n) is 15.3. The number of carbonyl (C=O) groups excluding carboxylic acids is 3. The third-order valence-corrected chi connectivity index (χ3v) is 4.44. The maximum Gasteiger partial charge on any atom is 0.329 e. The van der Waals surface area contributed by atoms with Crippen LogP contribution >= 0.6 is 0 Å². The molecule has 1 aromatic carbocycles. The fraction of sp³-hybridized carbons (Fsp3) is 0.300. The molecule has 2 N–H and O–H groups in total. The van der Waals surface area contributed by atoms with Crippen LogP contribution in [0.2, 0.25) is 0 Å². The minimum atomic E-state index is -0.865. The second kappa shape index (κ2) is 7.99. The van der Waals surface area contributed by atoms with Gasteiger partial charge in [-0.15, -0.1) is 0 Å². The number of pyridine rings is 1. The summed E-state index contributed by atoms with van der Waals surface area (Å²) in [6, 6.07) is 9.54. The Morgan fingerprint density at radius 2 is 1.96 bits per heavy atom. The summed E-state index contributed by atoms with van der Waals surface area (Å²) in [5.41, 5.74) is 2.48. The lowest BCUT2D eigenvalue weighted by Crippen LogP contribution is -2.36. The first-order valence-electron chi connectivity index (χ1n) is 8.85. The summed E-state index contributed by atoms with van der Waals surface area (Å²) in [5.74, 6) is -0.373. The zero-order valence-corrected chi connectivity index (χ0v) is 15.3. The molecule has 7 nitrogen and oxygen atoms in total. The molecule has 27 heavy (non-hydrogen) atoms. The maximum absolute atomic E-state index is 12.6. The highest BCUT2D eigenvalue weighted by Gasteiger charge is 2.39. The fourth-order valence-electron chi connectivity index (χ4n) is 2.88. The predicted molar refractivity (Wildman–Crippen MR) is 101 cm³/mol. The highest BCUT2D eigenvalue weighted by atomic mass is 16.2. The molecule has 4 amide bonds. The Kier molecular flexibility index (Phi) is 5.49. The van der Waals surface area contributed by atoms with Gasteiger partial charge in [-0.05, 0) is 35.2 Å². The van der Waals surface area contributed by atoms with Crippen molar-refractivity contribution in [2.45, 2.75) is 38.8 Å². The second-order valence-corrected chi connectivity index (χ2v) is 6.76. The number of rotatable bonds is 6. The standard InChI is InChI=1S/C20H22N4O3/c1-13(2)15-5-7-16(8-6-15)24-19(26)17(23-20(24)27)10-18(25)22-12-14-4-3-9-21-11-14/h3-9,11,13,17H,10,12H2,1-2H3,(H,22,25)(H,23,27)/t17-/m0/s1. The fourth-order valence-corrected chi connectivity index (χ4v) is 2.88. The molecule has 0 aliphatic carbocycles. The molecule has 1 aliphatic rings. The average Bonchev–Trinajstić information content (AvgIpc) is 2.94. The molecule has 0 unspecified atom stereocenters. The normalized spacial score (nSPS) is 16.6. The van der Waals surface area contributed by atoms with E-state index in [1.165, 1.54) is 0 Å². The molecule has 0 bridgehead atoms. The van der Waals surface area contributed by atoms with Crippen molar-refractivity contribution in [2.75, 3.05) is 4.90 Å². The molecule has 1 aromatic heterocycles. The molecule has 0 saturated carbocycles. The molecule has 2 heterocycles. The van der Waals surface area contributed by atoms with Crippen molar-refractivity contribution in [2.24, 2.45) is 0 Å². The van der Waals surface area contributed by atoms with E-state index in [0.717, 1.165) is 16.0 Å². The molecule has 0 radical (unpaired) electrons. The lowest BCUT2D eigenvalue weighted by Gasteiger charge is -2.14. The van der Waals surface area contributed by atoms with E-state index in [9.17, 15) is 14.4 Å². The number of nitrogens with one attached hydrogen (secondary N) is 2. The second-order valence-electron chi connectivity index (χ2n) is 6.76. The molecular formula is C20H22N4O3. The molecule has 140 valence electrons.